The lowest BCUT2D eigenvalue weighted by Gasteiger charge is -2.28. The predicted molar refractivity (Wildman–Crippen MR) is 130 cm³/mol. The largest absolute Gasteiger partial charge is 0.348 e. The third kappa shape index (κ3) is 4.93. The van der Waals surface area contributed by atoms with Gasteiger partial charge in [0.15, 0.2) is 0 Å². The van der Waals surface area contributed by atoms with E-state index in [2.05, 4.69) is 34.0 Å². The second-order valence-electron chi connectivity index (χ2n) is 7.51. The van der Waals surface area contributed by atoms with Crippen LogP contribution in [0, 0.1) is 3.57 Å². The lowest BCUT2D eigenvalue weighted by atomic mass is 9.88. The number of anilines is 1. The second kappa shape index (κ2) is 9.40. The van der Waals surface area contributed by atoms with E-state index in [0.717, 1.165) is 28.4 Å². The highest BCUT2D eigenvalue weighted by atomic mass is 127. The van der Waals surface area contributed by atoms with Crippen LogP contribution in [-0.4, -0.2) is 20.9 Å². The van der Waals surface area contributed by atoms with Crippen LogP contribution in [0.4, 0.5) is 5.69 Å². The van der Waals surface area contributed by atoms with Crippen LogP contribution in [0.25, 0.3) is 0 Å². The molecule has 0 radical (unpaired) electrons. The molecule has 0 spiro atoms. The fraction of sp³-hybridized carbons (Fsp3) is 0.208. The third-order valence-corrected chi connectivity index (χ3v) is 7.94. The van der Waals surface area contributed by atoms with Crippen molar-refractivity contribution in [3.8, 4) is 0 Å². The molecule has 1 amide bonds. The number of rotatable bonds is 6. The third-order valence-electron chi connectivity index (χ3n) is 5.44. The number of carbonyl (C=O) groups is 1. The summed E-state index contributed by atoms with van der Waals surface area (Å²) in [5, 5.41) is 3.06. The van der Waals surface area contributed by atoms with Crippen LogP contribution in [-0.2, 0) is 21.2 Å². The zero-order valence-corrected chi connectivity index (χ0v) is 19.8. The number of amides is 1. The number of aryl methyl sites for hydroxylation is 1. The number of halogens is 1. The van der Waals surface area contributed by atoms with E-state index in [-0.39, 0.29) is 23.4 Å². The first kappa shape index (κ1) is 21.8. The highest BCUT2D eigenvalue weighted by molar-refractivity contribution is 14.1. The molecule has 0 unspecified atom stereocenters. The van der Waals surface area contributed by atoms with Gasteiger partial charge in [0.2, 0.25) is 5.91 Å². The molecule has 1 aliphatic carbocycles. The maximum absolute atomic E-state index is 13.4. The first-order valence-electron chi connectivity index (χ1n) is 10.2. The molecule has 0 saturated heterocycles. The zero-order valence-electron chi connectivity index (χ0n) is 16.9. The number of benzene rings is 3. The molecule has 0 fully saturated rings. The van der Waals surface area contributed by atoms with Crippen molar-refractivity contribution in [2.24, 2.45) is 0 Å². The molecule has 0 aromatic heterocycles. The number of hydrogen-bond acceptors (Lipinski definition) is 3. The van der Waals surface area contributed by atoms with Crippen molar-refractivity contribution in [2.45, 2.75) is 30.2 Å². The number of carbonyl (C=O) groups excluding carboxylic acids is 1. The smallest absolute Gasteiger partial charge is 0.264 e. The van der Waals surface area contributed by atoms with Crippen molar-refractivity contribution < 1.29 is 13.2 Å². The molecular weight excluding hydrogens is 523 g/mol. The van der Waals surface area contributed by atoms with E-state index in [9.17, 15) is 13.2 Å². The van der Waals surface area contributed by atoms with Gasteiger partial charge in [-0.25, -0.2) is 8.42 Å². The summed E-state index contributed by atoms with van der Waals surface area (Å²) in [6.07, 6.45) is 2.84. The van der Waals surface area contributed by atoms with E-state index in [0.29, 0.717) is 5.69 Å². The SMILES string of the molecule is O=C(CN(c1ccc(I)cc1)S(=O)(=O)c1ccccc1)N[C@@H]1CCCc2ccccc21. The molecule has 0 saturated carbocycles. The fourth-order valence-electron chi connectivity index (χ4n) is 3.92. The van der Waals surface area contributed by atoms with Crippen LogP contribution in [0.15, 0.2) is 83.8 Å². The number of hydrogen-bond donors (Lipinski definition) is 1. The maximum atomic E-state index is 13.4. The van der Waals surface area contributed by atoms with Crippen LogP contribution in [0.5, 0.6) is 0 Å². The average Bonchev–Trinajstić information content (AvgIpc) is 2.79. The van der Waals surface area contributed by atoms with Crippen molar-refractivity contribution in [1.29, 1.82) is 0 Å². The fourth-order valence-corrected chi connectivity index (χ4v) is 5.72. The molecule has 1 N–H and O–H groups in total. The minimum atomic E-state index is -3.89. The Morgan fingerprint density at radius 3 is 2.39 bits per heavy atom. The molecule has 31 heavy (non-hydrogen) atoms. The van der Waals surface area contributed by atoms with Crippen molar-refractivity contribution in [1.82, 2.24) is 5.32 Å². The Labute approximate surface area is 196 Å². The van der Waals surface area contributed by atoms with Gasteiger partial charge in [-0.05, 0) is 89.4 Å². The normalized spacial score (nSPS) is 15.7. The average molecular weight is 546 g/mol. The zero-order chi connectivity index (χ0) is 21.8. The lowest BCUT2D eigenvalue weighted by Crippen LogP contribution is -2.42. The van der Waals surface area contributed by atoms with Gasteiger partial charge in [-0.2, -0.15) is 0 Å². The van der Waals surface area contributed by atoms with Crippen LogP contribution < -0.4 is 9.62 Å². The van der Waals surface area contributed by atoms with Crippen LogP contribution in [0.3, 0.4) is 0 Å². The van der Waals surface area contributed by atoms with Gasteiger partial charge in [-0.15, -0.1) is 0 Å². The summed E-state index contributed by atoms with van der Waals surface area (Å²) in [6, 6.07) is 23.3. The van der Waals surface area contributed by atoms with Gasteiger partial charge in [-0.3, -0.25) is 9.10 Å². The summed E-state index contributed by atoms with van der Waals surface area (Å²) in [4.78, 5) is 13.2. The number of nitrogens with zero attached hydrogens (tertiary/aromatic N) is 1. The van der Waals surface area contributed by atoms with Gasteiger partial charge in [-0.1, -0.05) is 42.5 Å². The van der Waals surface area contributed by atoms with Crippen molar-refractivity contribution >= 4 is 44.2 Å². The Hall–Kier alpha value is -2.39. The molecule has 0 aliphatic heterocycles. The van der Waals surface area contributed by atoms with E-state index < -0.39 is 10.0 Å². The monoisotopic (exact) mass is 546 g/mol. The number of sulfonamides is 1. The summed E-state index contributed by atoms with van der Waals surface area (Å²) in [5.41, 5.74) is 2.82. The van der Waals surface area contributed by atoms with Gasteiger partial charge < -0.3 is 5.32 Å². The Morgan fingerprint density at radius 1 is 0.968 bits per heavy atom. The predicted octanol–water partition coefficient (Wildman–Crippen LogP) is 4.68. The van der Waals surface area contributed by atoms with E-state index in [1.54, 1.807) is 42.5 Å². The van der Waals surface area contributed by atoms with Crippen LogP contribution >= 0.6 is 22.6 Å². The molecule has 160 valence electrons. The van der Waals surface area contributed by atoms with Gasteiger partial charge in [0.05, 0.1) is 16.6 Å². The second-order valence-corrected chi connectivity index (χ2v) is 10.6. The van der Waals surface area contributed by atoms with Gasteiger partial charge in [0.25, 0.3) is 10.0 Å². The van der Waals surface area contributed by atoms with Crippen LogP contribution in [0.1, 0.15) is 30.0 Å². The molecule has 3 aromatic rings. The first-order valence-corrected chi connectivity index (χ1v) is 12.7. The summed E-state index contributed by atoms with van der Waals surface area (Å²) >= 11 is 2.17. The van der Waals surface area contributed by atoms with E-state index in [1.807, 2.05) is 30.3 Å². The molecule has 3 aromatic carbocycles. The molecule has 0 heterocycles. The molecule has 1 aliphatic rings. The van der Waals surface area contributed by atoms with E-state index >= 15 is 0 Å². The number of fused-ring (bicyclic) bond motifs is 1. The van der Waals surface area contributed by atoms with Crippen LogP contribution in [0.2, 0.25) is 0 Å². The highest BCUT2D eigenvalue weighted by Crippen LogP contribution is 2.30. The minimum Gasteiger partial charge on any atom is -0.348 e. The van der Waals surface area contributed by atoms with Crippen molar-refractivity contribution in [2.75, 3.05) is 10.8 Å². The molecule has 4 rings (SSSR count). The molecule has 5 nitrogen and oxygen atoms in total. The molecular formula is C24H23IN2O3S. The minimum absolute atomic E-state index is 0.101. The van der Waals surface area contributed by atoms with Crippen molar-refractivity contribution in [3.05, 3.63) is 93.6 Å². The topological polar surface area (TPSA) is 66.5 Å². The van der Waals surface area contributed by atoms with Gasteiger partial charge in [0.1, 0.15) is 6.54 Å². The molecule has 1 atom stereocenters. The molecule has 7 heteroatoms. The Morgan fingerprint density at radius 2 is 1.65 bits per heavy atom. The lowest BCUT2D eigenvalue weighted by molar-refractivity contribution is -0.120. The Bertz CT molecular complexity index is 1160. The molecule has 0 bridgehead atoms. The quantitative estimate of drug-likeness (QED) is 0.457. The highest BCUT2D eigenvalue weighted by Gasteiger charge is 2.29. The Kier molecular flexibility index (Phi) is 6.62. The standard InChI is InChI=1S/C24H23IN2O3S/c25-19-13-15-20(16-14-19)27(31(29,30)21-9-2-1-3-10-21)17-24(28)26-23-12-6-8-18-7-4-5-11-22(18)23/h1-5,7,9-11,13-16,23H,6,8,12,17H2,(H,26,28)/t23-/m1/s1. The first-order chi connectivity index (χ1) is 14.9. The summed E-state index contributed by atoms with van der Waals surface area (Å²) in [7, 11) is -3.89. The summed E-state index contributed by atoms with van der Waals surface area (Å²) in [5.74, 6) is -0.320. The van der Waals surface area contributed by atoms with E-state index in [4.69, 9.17) is 0 Å². The Balaban J connectivity index is 1.61. The summed E-state index contributed by atoms with van der Waals surface area (Å²) in [6.45, 7) is -0.281. The van der Waals surface area contributed by atoms with E-state index in [1.165, 1.54) is 9.87 Å². The van der Waals surface area contributed by atoms with Gasteiger partial charge in [0, 0.05) is 3.57 Å². The maximum Gasteiger partial charge on any atom is 0.264 e. The number of nitrogens with one attached hydrogen (secondary N) is 1. The van der Waals surface area contributed by atoms with Crippen molar-refractivity contribution in [3.63, 3.8) is 0 Å². The summed E-state index contributed by atoms with van der Waals surface area (Å²) < 4.78 is 28.9. The van der Waals surface area contributed by atoms with Gasteiger partial charge >= 0.3 is 0 Å².